The van der Waals surface area contributed by atoms with Crippen molar-refractivity contribution in [3.8, 4) is 22.4 Å². The largest absolute Gasteiger partial charge is 0.405 e. The number of rotatable bonds is 9. The summed E-state index contributed by atoms with van der Waals surface area (Å²) in [5, 5.41) is 5.35. The molecule has 0 saturated carbocycles. The van der Waals surface area contributed by atoms with Crippen LogP contribution in [0.25, 0.3) is 22.4 Å². The van der Waals surface area contributed by atoms with Crippen LogP contribution in [-0.4, -0.2) is 42.6 Å². The molecule has 1 aliphatic heterocycles. The number of benzene rings is 3. The van der Waals surface area contributed by atoms with Gasteiger partial charge in [-0.25, -0.2) is 0 Å². The molecule has 3 aromatic carbocycles. The van der Waals surface area contributed by atoms with Gasteiger partial charge in [0.05, 0.1) is 17.3 Å². The summed E-state index contributed by atoms with van der Waals surface area (Å²) in [6.07, 6.45) is 2.71. The Morgan fingerprint density at radius 3 is 2.37 bits per heavy atom. The molecule has 4 aromatic rings. The Labute approximate surface area is 267 Å². The number of carbonyl (C=O) groups excluding carboxylic acids is 2. The lowest BCUT2D eigenvalue weighted by molar-refractivity contribution is -0.138. The molecule has 6 nitrogen and oxygen atoms in total. The van der Waals surface area contributed by atoms with Crippen LogP contribution in [0.2, 0.25) is 0 Å². The van der Waals surface area contributed by atoms with Gasteiger partial charge in [0.15, 0.2) is 0 Å². The van der Waals surface area contributed by atoms with Crippen LogP contribution in [0.5, 0.6) is 0 Å². The third-order valence-corrected chi connectivity index (χ3v) is 8.85. The summed E-state index contributed by atoms with van der Waals surface area (Å²) in [6, 6.07) is 22.1. The summed E-state index contributed by atoms with van der Waals surface area (Å²) < 4.78 is 39.9. The number of fused-ring (bicyclic) bond motifs is 3. The van der Waals surface area contributed by atoms with Crippen LogP contribution in [0.4, 0.5) is 24.5 Å². The quantitative estimate of drug-likeness (QED) is 0.197. The van der Waals surface area contributed by atoms with E-state index in [0.717, 1.165) is 62.0 Å². The SMILES string of the molecule is CCCCc1c(N2CCCCC2)cc(NC(=O)c2ccccc2-c2ccccn2)c2c1C(C(=O)NCC(F)(F)F)c1ccccc1-2. The molecule has 2 N–H and O–H groups in total. The van der Waals surface area contributed by atoms with Crippen molar-refractivity contribution < 1.29 is 22.8 Å². The summed E-state index contributed by atoms with van der Waals surface area (Å²) in [5.74, 6) is -1.98. The highest BCUT2D eigenvalue weighted by molar-refractivity contribution is 6.12. The summed E-state index contributed by atoms with van der Waals surface area (Å²) in [5.41, 5.74) is 6.97. The minimum absolute atomic E-state index is 0.336. The van der Waals surface area contributed by atoms with Crippen LogP contribution in [0, 0.1) is 0 Å². The Hall–Kier alpha value is -4.66. The topological polar surface area (TPSA) is 74.3 Å². The first-order chi connectivity index (χ1) is 22.3. The fourth-order valence-corrected chi connectivity index (χ4v) is 6.78. The van der Waals surface area contributed by atoms with Crippen molar-refractivity contribution in [2.24, 2.45) is 0 Å². The monoisotopic (exact) mass is 626 g/mol. The van der Waals surface area contributed by atoms with Crippen LogP contribution in [0.1, 0.15) is 72.0 Å². The van der Waals surface area contributed by atoms with E-state index >= 15 is 0 Å². The van der Waals surface area contributed by atoms with Gasteiger partial charge in [-0.05, 0) is 78.6 Å². The zero-order valence-corrected chi connectivity index (χ0v) is 25.8. The molecule has 2 amide bonds. The highest BCUT2D eigenvalue weighted by Crippen LogP contribution is 2.53. The molecule has 1 saturated heterocycles. The van der Waals surface area contributed by atoms with Crippen LogP contribution >= 0.6 is 0 Å². The highest BCUT2D eigenvalue weighted by atomic mass is 19.4. The van der Waals surface area contributed by atoms with E-state index in [1.807, 2.05) is 48.5 Å². The maximum atomic E-state index is 14.1. The molecule has 0 bridgehead atoms. The van der Waals surface area contributed by atoms with Gasteiger partial charge in [0, 0.05) is 41.7 Å². The number of nitrogens with one attached hydrogen (secondary N) is 2. The lowest BCUT2D eigenvalue weighted by Gasteiger charge is -2.33. The maximum Gasteiger partial charge on any atom is 0.405 e. The second kappa shape index (κ2) is 13.4. The number of piperidine rings is 1. The third-order valence-electron chi connectivity index (χ3n) is 8.85. The van der Waals surface area contributed by atoms with E-state index in [2.05, 4.69) is 27.4 Å². The Morgan fingerprint density at radius 2 is 1.65 bits per heavy atom. The number of halogens is 3. The average Bonchev–Trinajstić information content (AvgIpc) is 3.43. The van der Waals surface area contributed by atoms with Crippen molar-refractivity contribution in [3.63, 3.8) is 0 Å². The number of aromatic nitrogens is 1. The molecule has 46 heavy (non-hydrogen) atoms. The molecule has 1 aromatic heterocycles. The molecule has 2 aliphatic rings. The van der Waals surface area contributed by atoms with E-state index in [-0.39, 0.29) is 5.91 Å². The van der Waals surface area contributed by atoms with Crippen molar-refractivity contribution in [2.45, 2.75) is 57.5 Å². The van der Waals surface area contributed by atoms with E-state index in [4.69, 9.17) is 0 Å². The van der Waals surface area contributed by atoms with E-state index in [1.54, 1.807) is 30.5 Å². The molecule has 6 rings (SSSR count). The first kappa shape index (κ1) is 31.3. The van der Waals surface area contributed by atoms with E-state index in [1.165, 1.54) is 0 Å². The number of carbonyl (C=O) groups is 2. The van der Waals surface area contributed by atoms with Gasteiger partial charge in [0.1, 0.15) is 6.54 Å². The molecule has 0 radical (unpaired) electrons. The van der Waals surface area contributed by atoms with Crippen LogP contribution < -0.4 is 15.5 Å². The fraction of sp³-hybridized carbons (Fsp3) is 0.324. The lowest BCUT2D eigenvalue weighted by atomic mass is 9.87. The third kappa shape index (κ3) is 6.36. The van der Waals surface area contributed by atoms with Crippen molar-refractivity contribution in [2.75, 3.05) is 29.9 Å². The van der Waals surface area contributed by atoms with Gasteiger partial charge < -0.3 is 15.5 Å². The predicted octanol–water partition coefficient (Wildman–Crippen LogP) is 8.12. The average molecular weight is 627 g/mol. The molecule has 1 unspecified atom stereocenters. The van der Waals surface area contributed by atoms with Gasteiger partial charge in [-0.2, -0.15) is 13.2 Å². The first-order valence-corrected chi connectivity index (χ1v) is 16.0. The van der Waals surface area contributed by atoms with Crippen LogP contribution in [0.15, 0.2) is 79.0 Å². The Morgan fingerprint density at radius 1 is 0.935 bits per heavy atom. The van der Waals surface area contributed by atoms with Gasteiger partial charge >= 0.3 is 6.18 Å². The minimum atomic E-state index is -4.54. The predicted molar refractivity (Wildman–Crippen MR) is 175 cm³/mol. The minimum Gasteiger partial charge on any atom is -0.371 e. The number of hydrogen-bond donors (Lipinski definition) is 2. The first-order valence-electron chi connectivity index (χ1n) is 16.0. The summed E-state index contributed by atoms with van der Waals surface area (Å²) in [6.45, 7) is 2.33. The van der Waals surface area contributed by atoms with Crippen LogP contribution in [0.3, 0.4) is 0 Å². The zero-order valence-electron chi connectivity index (χ0n) is 25.8. The van der Waals surface area contributed by atoms with Crippen molar-refractivity contribution in [1.29, 1.82) is 0 Å². The number of pyridine rings is 1. The number of nitrogens with zero attached hydrogens (tertiary/aromatic N) is 2. The molecular weight excluding hydrogens is 589 g/mol. The highest BCUT2D eigenvalue weighted by Gasteiger charge is 2.40. The van der Waals surface area contributed by atoms with Crippen molar-refractivity contribution in [1.82, 2.24) is 10.3 Å². The van der Waals surface area contributed by atoms with E-state index < -0.39 is 24.5 Å². The Bertz CT molecular complexity index is 1730. The normalized spacial score (nSPS) is 15.7. The zero-order chi connectivity index (χ0) is 32.3. The second-order valence-corrected chi connectivity index (χ2v) is 11.9. The molecule has 238 valence electrons. The number of amides is 2. The molecule has 0 spiro atoms. The smallest absolute Gasteiger partial charge is 0.371 e. The summed E-state index contributed by atoms with van der Waals surface area (Å²) in [4.78, 5) is 34.7. The van der Waals surface area contributed by atoms with Gasteiger partial charge in [0.25, 0.3) is 5.91 Å². The number of unbranched alkanes of at least 4 members (excludes halogenated alkanes) is 1. The number of alkyl halides is 3. The molecule has 1 atom stereocenters. The van der Waals surface area contributed by atoms with Crippen molar-refractivity contribution in [3.05, 3.63) is 101 Å². The van der Waals surface area contributed by atoms with Gasteiger partial charge in [0.2, 0.25) is 5.91 Å². The lowest BCUT2D eigenvalue weighted by Crippen LogP contribution is -2.37. The number of anilines is 2. The van der Waals surface area contributed by atoms with Crippen LogP contribution in [-0.2, 0) is 11.2 Å². The molecule has 9 heteroatoms. The molecular formula is C37H37F3N4O2. The number of hydrogen-bond acceptors (Lipinski definition) is 4. The maximum absolute atomic E-state index is 14.1. The summed E-state index contributed by atoms with van der Waals surface area (Å²) in [7, 11) is 0. The van der Waals surface area contributed by atoms with E-state index in [9.17, 15) is 22.8 Å². The van der Waals surface area contributed by atoms with Gasteiger partial charge in [-0.1, -0.05) is 61.9 Å². The molecule has 2 heterocycles. The van der Waals surface area contributed by atoms with Gasteiger partial charge in [-0.15, -0.1) is 0 Å². The Balaban J connectivity index is 1.53. The molecule has 1 fully saturated rings. The fourth-order valence-electron chi connectivity index (χ4n) is 6.78. The van der Waals surface area contributed by atoms with E-state index in [0.29, 0.717) is 45.6 Å². The second-order valence-electron chi connectivity index (χ2n) is 11.9. The molecule has 1 aliphatic carbocycles. The summed E-state index contributed by atoms with van der Waals surface area (Å²) >= 11 is 0. The van der Waals surface area contributed by atoms with Crippen molar-refractivity contribution >= 4 is 23.2 Å². The Kier molecular flexibility index (Phi) is 9.10. The standard InChI is InChI=1S/C37H37F3N4O2/c1-2-3-13-28-31(44-20-11-4-12-21-44)22-30(43-35(45)27-17-8-5-14-24(27)29-18-9-10-19-41-29)32-25-15-6-7-16-26(25)34(33(28)32)36(46)42-23-37(38,39)40/h5-10,14-19,22,34H,2-4,11-13,20-21,23H2,1H3,(H,42,46)(H,43,45). The van der Waals surface area contributed by atoms with Gasteiger partial charge in [-0.3, -0.25) is 14.6 Å².